The van der Waals surface area contributed by atoms with E-state index in [1.54, 1.807) is 24.3 Å². The molecule has 100 valence electrons. The zero-order chi connectivity index (χ0) is 14.1. The Kier molecular flexibility index (Phi) is 3.11. The number of amides is 1. The van der Waals surface area contributed by atoms with E-state index in [2.05, 4.69) is 36.4 Å². The Morgan fingerprint density at radius 3 is 2.85 bits per heavy atom. The molecule has 0 saturated carbocycles. The van der Waals surface area contributed by atoms with Gasteiger partial charge in [-0.2, -0.15) is 5.10 Å². The van der Waals surface area contributed by atoms with Gasteiger partial charge in [0.1, 0.15) is 5.82 Å². The Hall–Kier alpha value is -2.41. The van der Waals surface area contributed by atoms with E-state index in [-0.39, 0.29) is 11.5 Å². The van der Waals surface area contributed by atoms with Gasteiger partial charge in [0.05, 0.1) is 11.8 Å². The van der Waals surface area contributed by atoms with Crippen LogP contribution in [0.4, 0.5) is 5.82 Å². The van der Waals surface area contributed by atoms with Gasteiger partial charge in [-0.25, -0.2) is 0 Å². The Morgan fingerprint density at radius 2 is 2.10 bits per heavy atom. The maximum Gasteiger partial charge on any atom is 0.257 e. The van der Waals surface area contributed by atoms with Gasteiger partial charge in [-0.15, -0.1) is 0 Å². The minimum Gasteiger partial charge on any atom is -0.322 e. The fourth-order valence-electron chi connectivity index (χ4n) is 1.93. The van der Waals surface area contributed by atoms with Gasteiger partial charge < -0.3 is 10.3 Å². The number of nitrogens with zero attached hydrogens (tertiary/aromatic N) is 1. The van der Waals surface area contributed by atoms with Crippen molar-refractivity contribution in [2.24, 2.45) is 0 Å². The second-order valence-electron chi connectivity index (χ2n) is 4.16. The van der Waals surface area contributed by atoms with Crippen molar-refractivity contribution in [2.45, 2.75) is 0 Å². The molecule has 0 atom stereocenters. The molecule has 0 saturated heterocycles. The normalized spacial score (nSPS) is 10.7. The quantitative estimate of drug-likeness (QED) is 0.672. The summed E-state index contributed by atoms with van der Waals surface area (Å²) in [6.45, 7) is 0. The van der Waals surface area contributed by atoms with E-state index in [4.69, 9.17) is 0 Å². The number of aromatic nitrogens is 3. The molecule has 0 unspecified atom stereocenters. The molecular weight excluding hydrogens is 324 g/mol. The van der Waals surface area contributed by atoms with Crippen LogP contribution in [0.15, 0.2) is 45.8 Å². The van der Waals surface area contributed by atoms with E-state index in [9.17, 15) is 9.59 Å². The number of rotatable bonds is 2. The number of fused-ring (bicyclic) bond motifs is 1. The third-order valence-electron chi connectivity index (χ3n) is 2.80. The van der Waals surface area contributed by atoms with Crippen LogP contribution in [0.3, 0.4) is 0 Å². The number of hydrogen-bond acceptors (Lipinski definition) is 3. The SMILES string of the molecule is O=C(Nc1ccn[nH]1)c1cc(=O)[nH]c2ccc(Br)cc12. The largest absolute Gasteiger partial charge is 0.322 e. The van der Waals surface area contributed by atoms with Crippen molar-refractivity contribution in [1.82, 2.24) is 15.2 Å². The summed E-state index contributed by atoms with van der Waals surface area (Å²) in [6, 6.07) is 8.24. The average molecular weight is 333 g/mol. The van der Waals surface area contributed by atoms with Crippen LogP contribution in [-0.2, 0) is 0 Å². The molecule has 0 spiro atoms. The highest BCUT2D eigenvalue weighted by molar-refractivity contribution is 9.10. The van der Waals surface area contributed by atoms with Crippen LogP contribution < -0.4 is 10.9 Å². The number of nitrogens with one attached hydrogen (secondary N) is 3. The fourth-order valence-corrected chi connectivity index (χ4v) is 2.29. The molecule has 3 N–H and O–H groups in total. The summed E-state index contributed by atoms with van der Waals surface area (Å²) in [5, 5.41) is 9.70. The van der Waals surface area contributed by atoms with E-state index in [0.29, 0.717) is 22.3 Å². The Labute approximate surface area is 121 Å². The highest BCUT2D eigenvalue weighted by Gasteiger charge is 2.12. The lowest BCUT2D eigenvalue weighted by Gasteiger charge is -2.06. The van der Waals surface area contributed by atoms with Gasteiger partial charge in [0.25, 0.3) is 5.91 Å². The smallest absolute Gasteiger partial charge is 0.257 e. The van der Waals surface area contributed by atoms with Crippen LogP contribution in [0.2, 0.25) is 0 Å². The highest BCUT2D eigenvalue weighted by Crippen LogP contribution is 2.21. The number of carbonyl (C=O) groups excluding carboxylic acids is 1. The number of carbonyl (C=O) groups is 1. The number of halogens is 1. The van der Waals surface area contributed by atoms with Crippen molar-refractivity contribution in [1.29, 1.82) is 0 Å². The fraction of sp³-hybridized carbons (Fsp3) is 0. The molecule has 2 heterocycles. The summed E-state index contributed by atoms with van der Waals surface area (Å²) < 4.78 is 0.827. The van der Waals surface area contributed by atoms with E-state index >= 15 is 0 Å². The van der Waals surface area contributed by atoms with Crippen molar-refractivity contribution in [3.05, 3.63) is 56.9 Å². The molecule has 0 aliphatic carbocycles. The summed E-state index contributed by atoms with van der Waals surface area (Å²) in [5.74, 6) is 0.0990. The molecule has 20 heavy (non-hydrogen) atoms. The second-order valence-corrected chi connectivity index (χ2v) is 5.08. The third-order valence-corrected chi connectivity index (χ3v) is 3.29. The lowest BCUT2D eigenvalue weighted by atomic mass is 10.1. The minimum absolute atomic E-state index is 0.305. The number of anilines is 1. The summed E-state index contributed by atoms with van der Waals surface area (Å²) in [6.07, 6.45) is 1.53. The molecule has 0 radical (unpaired) electrons. The van der Waals surface area contributed by atoms with Crippen LogP contribution in [0.25, 0.3) is 10.9 Å². The predicted molar refractivity (Wildman–Crippen MR) is 78.8 cm³/mol. The van der Waals surface area contributed by atoms with E-state index in [0.717, 1.165) is 4.47 Å². The van der Waals surface area contributed by atoms with Crippen LogP contribution in [0, 0.1) is 0 Å². The molecule has 2 aromatic heterocycles. The molecular formula is C13H9BrN4O2. The van der Waals surface area contributed by atoms with Crippen LogP contribution in [-0.4, -0.2) is 21.1 Å². The Bertz CT molecular complexity index is 839. The first kappa shape index (κ1) is 12.6. The molecule has 3 aromatic rings. The monoisotopic (exact) mass is 332 g/mol. The van der Waals surface area contributed by atoms with E-state index in [1.165, 1.54) is 12.3 Å². The minimum atomic E-state index is -0.372. The topological polar surface area (TPSA) is 90.6 Å². The zero-order valence-corrected chi connectivity index (χ0v) is 11.7. The molecule has 3 rings (SSSR count). The lowest BCUT2D eigenvalue weighted by molar-refractivity contribution is 0.102. The molecule has 6 nitrogen and oxygen atoms in total. The van der Waals surface area contributed by atoms with Crippen molar-refractivity contribution in [3.63, 3.8) is 0 Å². The van der Waals surface area contributed by atoms with Crippen LogP contribution in [0.5, 0.6) is 0 Å². The van der Waals surface area contributed by atoms with Gasteiger partial charge in [-0.05, 0) is 18.2 Å². The average Bonchev–Trinajstić information content (AvgIpc) is 2.91. The Morgan fingerprint density at radius 1 is 1.25 bits per heavy atom. The Balaban J connectivity index is 2.12. The van der Waals surface area contributed by atoms with Gasteiger partial charge in [-0.3, -0.25) is 14.7 Å². The van der Waals surface area contributed by atoms with Crippen molar-refractivity contribution >= 4 is 38.6 Å². The summed E-state index contributed by atoms with van der Waals surface area (Å²) in [4.78, 5) is 26.6. The number of hydrogen-bond donors (Lipinski definition) is 3. The van der Waals surface area contributed by atoms with Crippen LogP contribution in [0.1, 0.15) is 10.4 Å². The predicted octanol–water partition coefficient (Wildman–Crippen LogP) is 2.27. The third kappa shape index (κ3) is 2.35. The molecule has 0 bridgehead atoms. The van der Waals surface area contributed by atoms with Gasteiger partial charge in [0.2, 0.25) is 5.56 Å². The summed E-state index contributed by atoms with van der Waals surface area (Å²) in [5.41, 5.74) is 0.588. The molecule has 0 fully saturated rings. The first-order valence-electron chi connectivity index (χ1n) is 5.77. The maximum atomic E-state index is 12.3. The lowest BCUT2D eigenvalue weighted by Crippen LogP contribution is -2.17. The first-order chi connectivity index (χ1) is 9.63. The summed E-state index contributed by atoms with van der Waals surface area (Å²) >= 11 is 3.35. The van der Waals surface area contributed by atoms with Gasteiger partial charge >= 0.3 is 0 Å². The molecule has 0 aliphatic heterocycles. The van der Waals surface area contributed by atoms with Gasteiger partial charge in [-0.1, -0.05) is 15.9 Å². The first-order valence-corrected chi connectivity index (χ1v) is 6.56. The number of benzene rings is 1. The van der Waals surface area contributed by atoms with Crippen molar-refractivity contribution in [3.8, 4) is 0 Å². The molecule has 7 heteroatoms. The van der Waals surface area contributed by atoms with E-state index < -0.39 is 0 Å². The number of aromatic amines is 2. The van der Waals surface area contributed by atoms with Crippen molar-refractivity contribution < 1.29 is 4.79 Å². The maximum absolute atomic E-state index is 12.3. The molecule has 1 amide bonds. The van der Waals surface area contributed by atoms with Crippen LogP contribution >= 0.6 is 15.9 Å². The molecule has 1 aromatic carbocycles. The highest BCUT2D eigenvalue weighted by atomic mass is 79.9. The summed E-state index contributed by atoms with van der Waals surface area (Å²) in [7, 11) is 0. The van der Waals surface area contributed by atoms with E-state index in [1.807, 2.05) is 0 Å². The van der Waals surface area contributed by atoms with Crippen molar-refractivity contribution in [2.75, 3.05) is 5.32 Å². The standard InChI is InChI=1S/C13H9BrN4O2/c14-7-1-2-10-8(5-7)9(6-12(19)16-10)13(20)17-11-3-4-15-18-11/h1-6H,(H,16,19)(H2,15,17,18,20). The van der Waals surface area contributed by atoms with Gasteiger partial charge in [0.15, 0.2) is 0 Å². The zero-order valence-electron chi connectivity index (χ0n) is 10.1. The van der Waals surface area contributed by atoms with Gasteiger partial charge in [0, 0.05) is 27.5 Å². The molecule has 0 aliphatic rings. The second kappa shape index (κ2) is 4.93. The number of H-pyrrole nitrogens is 2. The number of pyridine rings is 1.